The molecule has 3 N–H and O–H groups in total. The maximum atomic E-state index is 12.3. The molecular weight excluding hydrogens is 336 g/mol. The van der Waals surface area contributed by atoms with Crippen molar-refractivity contribution in [3.63, 3.8) is 0 Å². The smallest absolute Gasteiger partial charge is 0.228 e. The molecule has 25 heavy (non-hydrogen) atoms. The summed E-state index contributed by atoms with van der Waals surface area (Å²) in [7, 11) is 0. The van der Waals surface area contributed by atoms with E-state index in [9.17, 15) is 4.79 Å². The number of nitrogens with one attached hydrogen (secondary N) is 3. The van der Waals surface area contributed by atoms with Crippen molar-refractivity contribution in [3.8, 4) is 11.4 Å². The van der Waals surface area contributed by atoms with E-state index >= 15 is 0 Å². The largest absolute Gasteiger partial charge is 0.361 e. The second kappa shape index (κ2) is 6.45. The first kappa shape index (κ1) is 15.5. The van der Waals surface area contributed by atoms with Crippen LogP contribution in [0.3, 0.4) is 0 Å². The molecule has 0 saturated carbocycles. The standard InChI is InChI=1S/C19H15ClN4O/c20-14-3-6-16-13(11-23-17(16)10-14)9-18(25)24-15-4-1-12(2-5-15)19-21-7-8-22-19/h1-8,10-11,23H,9H2,(H,21,22)(H,24,25). The first-order valence-electron chi connectivity index (χ1n) is 7.84. The van der Waals surface area contributed by atoms with Gasteiger partial charge in [0.1, 0.15) is 5.82 Å². The highest BCUT2D eigenvalue weighted by Gasteiger charge is 2.10. The highest BCUT2D eigenvalue weighted by molar-refractivity contribution is 6.31. The number of fused-ring (bicyclic) bond motifs is 1. The Bertz CT molecular complexity index is 1020. The van der Waals surface area contributed by atoms with Crippen LogP contribution in [0.4, 0.5) is 5.69 Å². The zero-order chi connectivity index (χ0) is 17.2. The van der Waals surface area contributed by atoms with Crippen molar-refractivity contribution in [1.82, 2.24) is 15.0 Å². The summed E-state index contributed by atoms with van der Waals surface area (Å²) in [5.74, 6) is 0.733. The van der Waals surface area contributed by atoms with Gasteiger partial charge in [-0.05, 0) is 42.0 Å². The van der Waals surface area contributed by atoms with Gasteiger partial charge in [-0.3, -0.25) is 4.79 Å². The minimum absolute atomic E-state index is 0.0680. The van der Waals surface area contributed by atoms with E-state index in [4.69, 9.17) is 11.6 Å². The molecule has 124 valence electrons. The fourth-order valence-corrected chi connectivity index (χ4v) is 2.99. The number of aromatic amines is 2. The van der Waals surface area contributed by atoms with E-state index in [0.29, 0.717) is 11.4 Å². The van der Waals surface area contributed by atoms with Crippen LogP contribution in [0, 0.1) is 0 Å². The van der Waals surface area contributed by atoms with E-state index in [1.54, 1.807) is 12.4 Å². The number of imidazole rings is 1. The molecule has 0 aliphatic rings. The molecule has 0 atom stereocenters. The highest BCUT2D eigenvalue weighted by atomic mass is 35.5. The third-order valence-corrected chi connectivity index (χ3v) is 4.26. The Labute approximate surface area is 149 Å². The summed E-state index contributed by atoms with van der Waals surface area (Å²) in [5, 5.41) is 4.59. The van der Waals surface area contributed by atoms with Crippen molar-refractivity contribution >= 4 is 34.1 Å². The number of nitrogens with zero attached hydrogens (tertiary/aromatic N) is 1. The molecule has 0 bridgehead atoms. The van der Waals surface area contributed by atoms with Crippen LogP contribution < -0.4 is 5.32 Å². The summed E-state index contributed by atoms with van der Waals surface area (Å²) < 4.78 is 0. The Morgan fingerprint density at radius 1 is 1.12 bits per heavy atom. The Kier molecular flexibility index (Phi) is 3.99. The lowest BCUT2D eigenvalue weighted by atomic mass is 10.1. The Hall–Kier alpha value is -3.05. The number of rotatable bonds is 4. The lowest BCUT2D eigenvalue weighted by Crippen LogP contribution is -2.14. The summed E-state index contributed by atoms with van der Waals surface area (Å²) in [5.41, 5.74) is 3.59. The molecule has 0 aliphatic carbocycles. The number of carbonyl (C=O) groups excluding carboxylic acids is 1. The van der Waals surface area contributed by atoms with Gasteiger partial charge in [0.25, 0.3) is 0 Å². The number of aromatic nitrogens is 3. The molecule has 6 heteroatoms. The predicted molar refractivity (Wildman–Crippen MR) is 99.7 cm³/mol. The number of hydrogen-bond acceptors (Lipinski definition) is 2. The van der Waals surface area contributed by atoms with Crippen LogP contribution in [-0.2, 0) is 11.2 Å². The number of hydrogen-bond donors (Lipinski definition) is 3. The van der Waals surface area contributed by atoms with E-state index < -0.39 is 0 Å². The first-order chi connectivity index (χ1) is 12.2. The van der Waals surface area contributed by atoms with Gasteiger partial charge in [0.15, 0.2) is 0 Å². The average molecular weight is 351 g/mol. The summed E-state index contributed by atoms with van der Waals surface area (Å²) in [6.45, 7) is 0. The molecular formula is C19H15ClN4O. The fourth-order valence-electron chi connectivity index (χ4n) is 2.82. The van der Waals surface area contributed by atoms with E-state index in [-0.39, 0.29) is 5.91 Å². The van der Waals surface area contributed by atoms with E-state index in [1.807, 2.05) is 48.7 Å². The molecule has 0 aliphatic heterocycles. The minimum atomic E-state index is -0.0680. The zero-order valence-electron chi connectivity index (χ0n) is 13.2. The third-order valence-electron chi connectivity index (χ3n) is 4.02. The fraction of sp³-hybridized carbons (Fsp3) is 0.0526. The van der Waals surface area contributed by atoms with Gasteiger partial charge >= 0.3 is 0 Å². The SMILES string of the molecule is O=C(Cc1c[nH]c2cc(Cl)ccc12)Nc1ccc(-c2ncc[nH]2)cc1. The maximum absolute atomic E-state index is 12.3. The number of anilines is 1. The van der Waals surface area contributed by atoms with E-state index in [1.165, 1.54) is 0 Å². The first-order valence-corrected chi connectivity index (χ1v) is 8.22. The molecule has 4 rings (SSSR count). The zero-order valence-corrected chi connectivity index (χ0v) is 14.0. The molecule has 2 aromatic heterocycles. The topological polar surface area (TPSA) is 73.6 Å². The number of amides is 1. The molecule has 0 unspecified atom stereocenters. The van der Waals surface area contributed by atoms with Gasteiger partial charge in [-0.25, -0.2) is 4.98 Å². The van der Waals surface area contributed by atoms with Gasteiger partial charge in [0.05, 0.1) is 6.42 Å². The number of benzene rings is 2. The Morgan fingerprint density at radius 3 is 2.72 bits per heavy atom. The third kappa shape index (κ3) is 3.27. The minimum Gasteiger partial charge on any atom is -0.361 e. The molecule has 4 aromatic rings. The van der Waals surface area contributed by atoms with Crippen LogP contribution in [0.25, 0.3) is 22.3 Å². The van der Waals surface area contributed by atoms with Crippen LogP contribution in [0.1, 0.15) is 5.56 Å². The second-order valence-corrected chi connectivity index (χ2v) is 6.18. The maximum Gasteiger partial charge on any atom is 0.228 e. The van der Waals surface area contributed by atoms with Crippen LogP contribution in [0.2, 0.25) is 5.02 Å². The number of H-pyrrole nitrogens is 2. The predicted octanol–water partition coefficient (Wildman–Crippen LogP) is 4.39. The van der Waals surface area contributed by atoms with Gasteiger partial charge in [-0.1, -0.05) is 17.7 Å². The van der Waals surface area contributed by atoms with Crippen molar-refractivity contribution in [2.75, 3.05) is 5.32 Å². The van der Waals surface area contributed by atoms with Gasteiger partial charge in [0.2, 0.25) is 5.91 Å². The van der Waals surface area contributed by atoms with Crippen LogP contribution in [0.5, 0.6) is 0 Å². The Morgan fingerprint density at radius 2 is 1.96 bits per heavy atom. The molecule has 2 aromatic carbocycles. The van der Waals surface area contributed by atoms with Crippen molar-refractivity contribution in [2.45, 2.75) is 6.42 Å². The van der Waals surface area contributed by atoms with Crippen molar-refractivity contribution < 1.29 is 4.79 Å². The van der Waals surface area contributed by atoms with Crippen molar-refractivity contribution in [1.29, 1.82) is 0 Å². The molecule has 0 spiro atoms. The lowest BCUT2D eigenvalue weighted by molar-refractivity contribution is -0.115. The molecule has 0 saturated heterocycles. The van der Waals surface area contributed by atoms with Crippen molar-refractivity contribution in [3.05, 3.63) is 71.6 Å². The lowest BCUT2D eigenvalue weighted by Gasteiger charge is -2.06. The van der Waals surface area contributed by atoms with Crippen LogP contribution >= 0.6 is 11.6 Å². The van der Waals surface area contributed by atoms with Gasteiger partial charge < -0.3 is 15.3 Å². The van der Waals surface area contributed by atoms with Gasteiger partial charge in [-0.15, -0.1) is 0 Å². The Balaban J connectivity index is 1.46. The number of carbonyl (C=O) groups is 1. The molecule has 0 radical (unpaired) electrons. The molecule has 5 nitrogen and oxygen atoms in total. The van der Waals surface area contributed by atoms with E-state index in [2.05, 4.69) is 20.3 Å². The normalized spacial score (nSPS) is 10.9. The quantitative estimate of drug-likeness (QED) is 0.510. The highest BCUT2D eigenvalue weighted by Crippen LogP contribution is 2.23. The van der Waals surface area contributed by atoms with Gasteiger partial charge in [0, 0.05) is 45.8 Å². The number of halogens is 1. The summed E-state index contributed by atoms with van der Waals surface area (Å²) in [6.07, 6.45) is 5.63. The van der Waals surface area contributed by atoms with Crippen LogP contribution in [0.15, 0.2) is 61.1 Å². The molecule has 2 heterocycles. The monoisotopic (exact) mass is 350 g/mol. The summed E-state index contributed by atoms with van der Waals surface area (Å²) in [6, 6.07) is 13.2. The summed E-state index contributed by atoms with van der Waals surface area (Å²) in [4.78, 5) is 22.7. The molecule has 1 amide bonds. The van der Waals surface area contributed by atoms with Gasteiger partial charge in [-0.2, -0.15) is 0 Å². The second-order valence-electron chi connectivity index (χ2n) is 5.74. The molecule has 0 fully saturated rings. The van der Waals surface area contributed by atoms with Crippen molar-refractivity contribution in [2.24, 2.45) is 0 Å². The van der Waals surface area contributed by atoms with E-state index in [0.717, 1.165) is 33.5 Å². The van der Waals surface area contributed by atoms with Crippen LogP contribution in [-0.4, -0.2) is 20.9 Å². The average Bonchev–Trinajstić information content (AvgIpc) is 3.26. The summed E-state index contributed by atoms with van der Waals surface area (Å²) >= 11 is 5.98.